The SMILES string of the molecule is C[C@H](C(=O)Nc1cccc(Cl)c1SCC(F)F)n1ccnc1. The molecule has 0 spiro atoms. The van der Waals surface area contributed by atoms with Crippen molar-refractivity contribution in [3.63, 3.8) is 0 Å². The van der Waals surface area contributed by atoms with Crippen LogP contribution in [0.4, 0.5) is 14.5 Å². The van der Waals surface area contributed by atoms with E-state index in [9.17, 15) is 13.6 Å². The number of rotatable bonds is 6. The Balaban J connectivity index is 2.15. The highest BCUT2D eigenvalue weighted by Crippen LogP contribution is 2.35. The third kappa shape index (κ3) is 4.20. The largest absolute Gasteiger partial charge is 0.325 e. The topological polar surface area (TPSA) is 46.9 Å². The number of halogens is 3. The lowest BCUT2D eigenvalue weighted by Gasteiger charge is -2.16. The van der Waals surface area contributed by atoms with Crippen molar-refractivity contribution in [2.24, 2.45) is 0 Å². The first-order valence-electron chi connectivity index (χ1n) is 6.46. The molecule has 0 saturated carbocycles. The van der Waals surface area contributed by atoms with Crippen LogP contribution < -0.4 is 5.32 Å². The van der Waals surface area contributed by atoms with Gasteiger partial charge in [0.05, 0.1) is 22.8 Å². The first kappa shape index (κ1) is 16.8. The van der Waals surface area contributed by atoms with E-state index >= 15 is 0 Å². The van der Waals surface area contributed by atoms with E-state index in [1.807, 2.05) is 0 Å². The van der Waals surface area contributed by atoms with Crippen molar-refractivity contribution in [1.82, 2.24) is 9.55 Å². The standard InChI is InChI=1S/C14H14ClF2N3OS/c1-9(20-6-5-18-8-20)14(21)19-11-4-2-3-10(15)13(11)22-7-12(16)17/h2-6,8-9,12H,7H2,1H3,(H,19,21)/t9-/m1/s1. The quantitative estimate of drug-likeness (QED) is 0.802. The lowest BCUT2D eigenvalue weighted by Crippen LogP contribution is -2.23. The maximum absolute atomic E-state index is 12.4. The molecule has 22 heavy (non-hydrogen) atoms. The predicted molar refractivity (Wildman–Crippen MR) is 83.7 cm³/mol. The van der Waals surface area contributed by atoms with Crippen molar-refractivity contribution in [2.75, 3.05) is 11.1 Å². The van der Waals surface area contributed by atoms with Crippen LogP contribution in [0.3, 0.4) is 0 Å². The molecule has 0 aliphatic carbocycles. The molecule has 1 aromatic heterocycles. The molecule has 0 aliphatic heterocycles. The predicted octanol–water partition coefficient (Wildman–Crippen LogP) is 4.09. The van der Waals surface area contributed by atoms with Crippen molar-refractivity contribution in [1.29, 1.82) is 0 Å². The molecule has 2 rings (SSSR count). The van der Waals surface area contributed by atoms with Crippen molar-refractivity contribution in [2.45, 2.75) is 24.3 Å². The fourth-order valence-corrected chi connectivity index (χ4v) is 2.88. The van der Waals surface area contributed by atoms with Gasteiger partial charge in [-0.2, -0.15) is 0 Å². The van der Waals surface area contributed by atoms with Gasteiger partial charge in [-0.25, -0.2) is 13.8 Å². The molecule has 1 amide bonds. The Hall–Kier alpha value is -1.60. The van der Waals surface area contributed by atoms with E-state index in [4.69, 9.17) is 11.6 Å². The summed E-state index contributed by atoms with van der Waals surface area (Å²) >= 11 is 6.96. The van der Waals surface area contributed by atoms with E-state index in [1.165, 1.54) is 6.33 Å². The van der Waals surface area contributed by atoms with Gasteiger partial charge in [0.1, 0.15) is 6.04 Å². The fraction of sp³-hybridized carbons (Fsp3) is 0.286. The highest BCUT2D eigenvalue weighted by atomic mass is 35.5. The second-order valence-corrected chi connectivity index (χ2v) is 5.93. The number of imidazole rings is 1. The molecule has 1 N–H and O–H groups in total. The minimum absolute atomic E-state index is 0.279. The zero-order valence-electron chi connectivity index (χ0n) is 11.7. The van der Waals surface area contributed by atoms with E-state index in [0.29, 0.717) is 15.6 Å². The smallest absolute Gasteiger partial charge is 0.247 e. The Kier molecular flexibility index (Phi) is 5.79. The maximum atomic E-state index is 12.4. The number of amides is 1. The maximum Gasteiger partial charge on any atom is 0.247 e. The fourth-order valence-electron chi connectivity index (χ4n) is 1.77. The van der Waals surface area contributed by atoms with E-state index in [-0.39, 0.29) is 11.7 Å². The molecule has 1 aromatic carbocycles. The number of thioether (sulfide) groups is 1. The number of nitrogens with zero attached hydrogens (tertiary/aromatic N) is 2. The number of alkyl halides is 2. The summed E-state index contributed by atoms with van der Waals surface area (Å²) in [5.74, 6) is -0.664. The van der Waals surface area contributed by atoms with Gasteiger partial charge in [0.25, 0.3) is 0 Å². The lowest BCUT2D eigenvalue weighted by molar-refractivity contribution is -0.118. The molecule has 0 unspecified atom stereocenters. The van der Waals surface area contributed by atoms with Gasteiger partial charge in [0.2, 0.25) is 12.3 Å². The van der Waals surface area contributed by atoms with Gasteiger partial charge in [-0.05, 0) is 19.1 Å². The Morgan fingerprint density at radius 1 is 1.50 bits per heavy atom. The number of carbonyl (C=O) groups excluding carboxylic acids is 1. The van der Waals surface area contributed by atoms with Crippen molar-refractivity contribution >= 4 is 35.0 Å². The van der Waals surface area contributed by atoms with Crippen LogP contribution in [0, 0.1) is 0 Å². The van der Waals surface area contributed by atoms with Crippen molar-refractivity contribution in [3.8, 4) is 0 Å². The normalized spacial score (nSPS) is 12.4. The number of hydrogen-bond acceptors (Lipinski definition) is 3. The molecule has 8 heteroatoms. The average molecular weight is 346 g/mol. The number of hydrogen-bond donors (Lipinski definition) is 1. The number of benzene rings is 1. The third-order valence-corrected chi connectivity index (χ3v) is 4.50. The molecule has 2 aromatic rings. The van der Waals surface area contributed by atoms with Crippen LogP contribution in [0.15, 0.2) is 41.8 Å². The molecular formula is C14H14ClF2N3OS. The number of anilines is 1. The summed E-state index contributed by atoms with van der Waals surface area (Å²) < 4.78 is 26.4. The van der Waals surface area contributed by atoms with Crippen LogP contribution in [0.1, 0.15) is 13.0 Å². The van der Waals surface area contributed by atoms with Gasteiger partial charge >= 0.3 is 0 Å². The summed E-state index contributed by atoms with van der Waals surface area (Å²) in [7, 11) is 0. The average Bonchev–Trinajstić information content (AvgIpc) is 2.99. The van der Waals surface area contributed by atoms with Crippen LogP contribution >= 0.6 is 23.4 Å². The summed E-state index contributed by atoms with van der Waals surface area (Å²) in [5.41, 5.74) is 0.426. The third-order valence-electron chi connectivity index (χ3n) is 2.93. The van der Waals surface area contributed by atoms with E-state index in [2.05, 4.69) is 10.3 Å². The van der Waals surface area contributed by atoms with Crippen molar-refractivity contribution in [3.05, 3.63) is 41.9 Å². The second-order valence-electron chi connectivity index (χ2n) is 4.49. The van der Waals surface area contributed by atoms with Gasteiger partial charge in [0, 0.05) is 17.3 Å². The van der Waals surface area contributed by atoms with Gasteiger partial charge in [-0.1, -0.05) is 17.7 Å². The molecule has 4 nitrogen and oxygen atoms in total. The Bertz CT molecular complexity index is 637. The zero-order chi connectivity index (χ0) is 16.1. The molecule has 0 aliphatic rings. The lowest BCUT2D eigenvalue weighted by atomic mass is 10.2. The summed E-state index contributed by atoms with van der Waals surface area (Å²) in [6.45, 7) is 1.72. The summed E-state index contributed by atoms with van der Waals surface area (Å²) in [6.07, 6.45) is 2.34. The summed E-state index contributed by atoms with van der Waals surface area (Å²) in [4.78, 5) is 16.6. The number of nitrogens with one attached hydrogen (secondary N) is 1. The van der Waals surface area contributed by atoms with Crippen molar-refractivity contribution < 1.29 is 13.6 Å². The van der Waals surface area contributed by atoms with E-state index < -0.39 is 12.5 Å². The highest BCUT2D eigenvalue weighted by molar-refractivity contribution is 7.99. The number of aromatic nitrogens is 2. The van der Waals surface area contributed by atoms with E-state index in [0.717, 1.165) is 11.8 Å². The second kappa shape index (κ2) is 7.60. The van der Waals surface area contributed by atoms with Gasteiger partial charge < -0.3 is 9.88 Å². The minimum Gasteiger partial charge on any atom is -0.325 e. The van der Waals surface area contributed by atoms with Crippen LogP contribution in [0.2, 0.25) is 5.02 Å². The molecule has 1 heterocycles. The minimum atomic E-state index is -2.45. The van der Waals surface area contributed by atoms with Gasteiger partial charge in [-0.15, -0.1) is 11.8 Å². The van der Waals surface area contributed by atoms with Crippen LogP contribution in [-0.4, -0.2) is 27.6 Å². The molecule has 0 radical (unpaired) electrons. The molecule has 0 saturated heterocycles. The van der Waals surface area contributed by atoms with Crippen LogP contribution in [0.25, 0.3) is 0 Å². The monoisotopic (exact) mass is 345 g/mol. The zero-order valence-corrected chi connectivity index (χ0v) is 13.2. The first-order valence-corrected chi connectivity index (χ1v) is 7.83. The molecule has 118 valence electrons. The Morgan fingerprint density at radius 2 is 2.27 bits per heavy atom. The van der Waals surface area contributed by atoms with Gasteiger partial charge in [0.15, 0.2) is 0 Å². The first-order chi connectivity index (χ1) is 10.5. The summed E-state index contributed by atoms with van der Waals surface area (Å²) in [6, 6.07) is 4.42. The molecule has 0 bridgehead atoms. The Labute approximate surface area is 135 Å². The highest BCUT2D eigenvalue weighted by Gasteiger charge is 2.18. The van der Waals surface area contributed by atoms with Crippen LogP contribution in [-0.2, 0) is 4.79 Å². The van der Waals surface area contributed by atoms with Crippen LogP contribution in [0.5, 0.6) is 0 Å². The molecule has 1 atom stereocenters. The molecular weight excluding hydrogens is 332 g/mol. The van der Waals surface area contributed by atoms with Gasteiger partial charge in [-0.3, -0.25) is 4.79 Å². The summed E-state index contributed by atoms with van der Waals surface area (Å²) in [5, 5.41) is 3.06. The Morgan fingerprint density at radius 3 is 2.91 bits per heavy atom. The van der Waals surface area contributed by atoms with E-state index in [1.54, 1.807) is 42.1 Å². The molecule has 0 fully saturated rings. The number of carbonyl (C=O) groups is 1.